The van der Waals surface area contributed by atoms with E-state index in [0.717, 1.165) is 23.7 Å². The summed E-state index contributed by atoms with van der Waals surface area (Å²) in [7, 11) is 0. The Balaban J connectivity index is 0.000000595. The molecule has 2 aliphatic carbocycles. The predicted molar refractivity (Wildman–Crippen MR) is 93.5 cm³/mol. The summed E-state index contributed by atoms with van der Waals surface area (Å²) in [5, 5.41) is 0.654. The second-order valence-corrected chi connectivity index (χ2v) is 7.83. The minimum Gasteiger partial charge on any atom is -0.461 e. The summed E-state index contributed by atoms with van der Waals surface area (Å²) in [5.41, 5.74) is 2.13. The number of hydrogen-bond acceptors (Lipinski definition) is 5. The van der Waals surface area contributed by atoms with Gasteiger partial charge in [0, 0.05) is 16.8 Å². The largest absolute Gasteiger partial charge is 0.461 e. The molecule has 1 aromatic rings. The molecule has 3 atom stereocenters. The molecule has 0 amide bonds. The summed E-state index contributed by atoms with van der Waals surface area (Å²) in [6.45, 7) is 10.4. The van der Waals surface area contributed by atoms with Crippen molar-refractivity contribution in [2.24, 2.45) is 11.3 Å². The lowest BCUT2D eigenvalue weighted by Crippen LogP contribution is -2.59. The smallest absolute Gasteiger partial charge is 0.316 e. The summed E-state index contributed by atoms with van der Waals surface area (Å²) in [5.74, 6) is 0.935. The van der Waals surface area contributed by atoms with Crippen LogP contribution in [0.1, 0.15) is 57.8 Å². The normalized spacial score (nSPS) is 27.7. The summed E-state index contributed by atoms with van der Waals surface area (Å²) < 4.78 is 5.59. The average Bonchev–Trinajstić information content (AvgIpc) is 2.48. The van der Waals surface area contributed by atoms with Gasteiger partial charge in [-0.15, -0.1) is 0 Å². The zero-order valence-corrected chi connectivity index (χ0v) is 15.7. The Kier molecular flexibility index (Phi) is 6.06. The molecule has 0 bridgehead atoms. The summed E-state index contributed by atoms with van der Waals surface area (Å²) in [4.78, 5) is 20.5. The van der Waals surface area contributed by atoms with Crippen molar-refractivity contribution in [3.8, 4) is 0 Å². The third kappa shape index (κ3) is 4.25. The van der Waals surface area contributed by atoms with Crippen LogP contribution in [-0.2, 0) is 9.53 Å². The molecule has 2 fully saturated rings. The second-order valence-electron chi connectivity index (χ2n) is 6.88. The van der Waals surface area contributed by atoms with Crippen molar-refractivity contribution in [2.75, 3.05) is 5.75 Å². The van der Waals surface area contributed by atoms with E-state index in [4.69, 9.17) is 4.74 Å². The molecule has 0 radical (unpaired) electrons. The fourth-order valence-electron chi connectivity index (χ4n) is 3.24. The highest BCUT2D eigenvalue weighted by Crippen LogP contribution is 2.61. The quantitative estimate of drug-likeness (QED) is 0.465. The number of nitrogens with zero attached hydrogens (tertiary/aromatic N) is 2. The Bertz CT molecular complexity index is 544. The van der Waals surface area contributed by atoms with E-state index in [0.29, 0.717) is 10.9 Å². The van der Waals surface area contributed by atoms with Gasteiger partial charge in [0.25, 0.3) is 0 Å². The van der Waals surface area contributed by atoms with Gasteiger partial charge in [-0.2, -0.15) is 0 Å². The van der Waals surface area contributed by atoms with E-state index in [1.54, 1.807) is 0 Å². The number of hydrogen-bond donors (Lipinski definition) is 0. The van der Waals surface area contributed by atoms with E-state index in [2.05, 4.69) is 30.7 Å². The zero-order chi connectivity index (χ0) is 17.0. The first-order valence-electron chi connectivity index (χ1n) is 8.53. The first-order chi connectivity index (χ1) is 10.9. The first-order valence-corrected chi connectivity index (χ1v) is 9.52. The average molecular weight is 337 g/mol. The monoisotopic (exact) mass is 336 g/mol. The van der Waals surface area contributed by atoms with E-state index in [-0.39, 0.29) is 17.5 Å². The Hall–Kier alpha value is -1.10. The van der Waals surface area contributed by atoms with Gasteiger partial charge in [0.15, 0.2) is 5.16 Å². The standard InChI is InChI=1S/C15H20N2O2S.C3H8/c1-9-6-10(2)17-14(16-9)20-8-13(18)19-12-7-11-4-5-15(11,12)3;1-3-2/h6,11-12H,4-5,7-8H2,1-3H3;3H2,1-2H3. The molecule has 1 aromatic heterocycles. The number of thioether (sulfide) groups is 1. The van der Waals surface area contributed by atoms with Gasteiger partial charge >= 0.3 is 5.97 Å². The number of carbonyl (C=O) groups excluding carboxylic acids is 1. The maximum absolute atomic E-state index is 11.9. The summed E-state index contributed by atoms with van der Waals surface area (Å²) >= 11 is 1.36. The number of rotatable bonds is 4. The zero-order valence-electron chi connectivity index (χ0n) is 14.9. The molecule has 0 N–H and O–H groups in total. The molecule has 1 heterocycles. The van der Waals surface area contributed by atoms with E-state index >= 15 is 0 Å². The lowest BCUT2D eigenvalue weighted by Gasteiger charge is -2.61. The van der Waals surface area contributed by atoms with Crippen molar-refractivity contribution >= 4 is 17.7 Å². The van der Waals surface area contributed by atoms with Crippen LogP contribution < -0.4 is 0 Å². The van der Waals surface area contributed by atoms with Crippen LogP contribution in [0.3, 0.4) is 0 Å². The number of fused-ring (bicyclic) bond motifs is 1. The van der Waals surface area contributed by atoms with Gasteiger partial charge in [-0.05, 0) is 45.1 Å². The second kappa shape index (κ2) is 7.65. The Labute approximate surface area is 143 Å². The van der Waals surface area contributed by atoms with Crippen molar-refractivity contribution in [1.82, 2.24) is 9.97 Å². The molecule has 2 aliphatic rings. The van der Waals surface area contributed by atoms with Gasteiger partial charge in [-0.1, -0.05) is 39.0 Å². The fraction of sp³-hybridized carbons (Fsp3) is 0.722. The van der Waals surface area contributed by atoms with Gasteiger partial charge in [-0.3, -0.25) is 4.79 Å². The first kappa shape index (κ1) is 18.2. The Morgan fingerprint density at radius 3 is 2.39 bits per heavy atom. The van der Waals surface area contributed by atoms with Crippen molar-refractivity contribution < 1.29 is 9.53 Å². The van der Waals surface area contributed by atoms with Gasteiger partial charge < -0.3 is 4.74 Å². The van der Waals surface area contributed by atoms with Gasteiger partial charge in [0.05, 0.1) is 5.75 Å². The minimum absolute atomic E-state index is 0.134. The summed E-state index contributed by atoms with van der Waals surface area (Å²) in [6, 6.07) is 1.92. The maximum Gasteiger partial charge on any atom is 0.316 e. The highest BCUT2D eigenvalue weighted by molar-refractivity contribution is 7.99. The predicted octanol–water partition coefficient (Wildman–Crippen LogP) is 4.33. The summed E-state index contributed by atoms with van der Waals surface area (Å²) in [6.07, 6.45) is 4.93. The van der Waals surface area contributed by atoms with Gasteiger partial charge in [-0.25, -0.2) is 9.97 Å². The number of aryl methyl sites for hydroxylation is 2. The van der Waals surface area contributed by atoms with Crippen LogP contribution in [0, 0.1) is 25.2 Å². The molecular weight excluding hydrogens is 308 g/mol. The molecule has 0 saturated heterocycles. The van der Waals surface area contributed by atoms with E-state index < -0.39 is 0 Å². The van der Waals surface area contributed by atoms with Crippen LogP contribution in [0.5, 0.6) is 0 Å². The van der Waals surface area contributed by atoms with E-state index in [1.165, 1.54) is 31.0 Å². The topological polar surface area (TPSA) is 52.1 Å². The van der Waals surface area contributed by atoms with Crippen molar-refractivity contribution in [2.45, 2.75) is 71.6 Å². The van der Waals surface area contributed by atoms with Gasteiger partial charge in [0.1, 0.15) is 6.10 Å². The van der Waals surface area contributed by atoms with E-state index in [1.807, 2.05) is 19.9 Å². The molecule has 4 nitrogen and oxygen atoms in total. The lowest BCUT2D eigenvalue weighted by molar-refractivity contribution is -0.205. The van der Waals surface area contributed by atoms with Crippen molar-refractivity contribution in [3.05, 3.63) is 17.5 Å². The lowest BCUT2D eigenvalue weighted by atomic mass is 9.47. The van der Waals surface area contributed by atoms with Crippen LogP contribution in [-0.4, -0.2) is 27.8 Å². The molecule has 5 heteroatoms. The number of carbonyl (C=O) groups is 1. The highest BCUT2D eigenvalue weighted by Gasteiger charge is 2.59. The highest BCUT2D eigenvalue weighted by atomic mass is 32.2. The molecule has 3 unspecified atom stereocenters. The third-order valence-corrected chi connectivity index (χ3v) is 5.57. The Morgan fingerprint density at radius 2 is 1.96 bits per heavy atom. The van der Waals surface area contributed by atoms with Gasteiger partial charge in [0.2, 0.25) is 0 Å². The number of esters is 1. The molecule has 2 saturated carbocycles. The van der Waals surface area contributed by atoms with Crippen LogP contribution in [0.25, 0.3) is 0 Å². The SMILES string of the molecule is CCC.Cc1cc(C)nc(SCC(=O)OC2CC3CCC32C)n1. The molecular formula is C18H28N2O2S. The number of ether oxygens (including phenoxy) is 1. The fourth-order valence-corrected chi connectivity index (χ4v) is 3.97. The van der Waals surface area contributed by atoms with Crippen LogP contribution >= 0.6 is 11.8 Å². The van der Waals surface area contributed by atoms with Crippen molar-refractivity contribution in [1.29, 1.82) is 0 Å². The van der Waals surface area contributed by atoms with Crippen molar-refractivity contribution in [3.63, 3.8) is 0 Å². The van der Waals surface area contributed by atoms with Crippen LogP contribution in [0.2, 0.25) is 0 Å². The third-order valence-electron chi connectivity index (χ3n) is 4.75. The van der Waals surface area contributed by atoms with Crippen LogP contribution in [0.15, 0.2) is 11.2 Å². The minimum atomic E-state index is -0.144. The molecule has 128 valence electrons. The van der Waals surface area contributed by atoms with E-state index in [9.17, 15) is 4.79 Å². The Morgan fingerprint density at radius 1 is 1.35 bits per heavy atom. The molecule has 23 heavy (non-hydrogen) atoms. The molecule has 0 aliphatic heterocycles. The number of aromatic nitrogens is 2. The molecule has 0 spiro atoms. The maximum atomic E-state index is 11.9. The molecule has 0 aromatic carbocycles. The van der Waals surface area contributed by atoms with Crippen LogP contribution in [0.4, 0.5) is 0 Å². The molecule has 3 rings (SSSR count).